The van der Waals surface area contributed by atoms with E-state index in [2.05, 4.69) is 11.8 Å². The number of aliphatic carboxylic acids is 1. The molecule has 1 aliphatic heterocycles. The SMILES string of the molecule is CCCOC1CCCN(CC(Cl)C(=O)O)C1. The molecule has 0 aliphatic carbocycles. The van der Waals surface area contributed by atoms with Crippen LogP contribution in [0.15, 0.2) is 0 Å². The largest absolute Gasteiger partial charge is 0.480 e. The molecule has 0 spiro atoms. The molecule has 1 saturated heterocycles. The minimum Gasteiger partial charge on any atom is -0.480 e. The van der Waals surface area contributed by atoms with Crippen LogP contribution in [-0.2, 0) is 9.53 Å². The number of hydrogen-bond acceptors (Lipinski definition) is 3. The number of hydrogen-bond donors (Lipinski definition) is 1. The number of carbonyl (C=O) groups is 1. The van der Waals surface area contributed by atoms with Gasteiger partial charge in [0.2, 0.25) is 0 Å². The van der Waals surface area contributed by atoms with Gasteiger partial charge in [-0.15, -0.1) is 11.6 Å². The molecule has 1 rings (SSSR count). The van der Waals surface area contributed by atoms with Crippen molar-refractivity contribution in [2.75, 3.05) is 26.2 Å². The van der Waals surface area contributed by atoms with Gasteiger partial charge in [-0.3, -0.25) is 9.69 Å². The summed E-state index contributed by atoms with van der Waals surface area (Å²) in [5, 5.41) is 7.92. The van der Waals surface area contributed by atoms with Gasteiger partial charge in [0.25, 0.3) is 0 Å². The molecule has 1 heterocycles. The number of halogens is 1. The van der Waals surface area contributed by atoms with Gasteiger partial charge in [0.15, 0.2) is 0 Å². The Morgan fingerprint density at radius 2 is 2.44 bits per heavy atom. The second-order valence-electron chi connectivity index (χ2n) is 4.20. The second-order valence-corrected chi connectivity index (χ2v) is 4.73. The van der Waals surface area contributed by atoms with Crippen molar-refractivity contribution in [3.8, 4) is 0 Å². The Morgan fingerprint density at radius 3 is 3.06 bits per heavy atom. The summed E-state index contributed by atoms with van der Waals surface area (Å²) in [5.41, 5.74) is 0. The molecule has 1 N–H and O–H groups in total. The van der Waals surface area contributed by atoms with Crippen LogP contribution < -0.4 is 0 Å². The van der Waals surface area contributed by atoms with E-state index in [9.17, 15) is 4.79 Å². The number of alkyl halides is 1. The lowest BCUT2D eigenvalue weighted by Crippen LogP contribution is -2.43. The van der Waals surface area contributed by atoms with Crippen LogP contribution in [0, 0.1) is 0 Å². The summed E-state index contributed by atoms with van der Waals surface area (Å²) in [7, 11) is 0. The van der Waals surface area contributed by atoms with Crippen molar-refractivity contribution in [2.45, 2.75) is 37.7 Å². The molecule has 16 heavy (non-hydrogen) atoms. The first kappa shape index (κ1) is 13.7. The highest BCUT2D eigenvalue weighted by atomic mass is 35.5. The minimum absolute atomic E-state index is 0.242. The van der Waals surface area contributed by atoms with Gasteiger partial charge in [-0.25, -0.2) is 0 Å². The molecular formula is C11H20ClNO3. The van der Waals surface area contributed by atoms with Gasteiger partial charge in [0.05, 0.1) is 6.10 Å². The molecule has 5 heteroatoms. The normalized spacial score (nSPS) is 24.2. The average molecular weight is 250 g/mol. The van der Waals surface area contributed by atoms with Crippen molar-refractivity contribution in [1.29, 1.82) is 0 Å². The first-order valence-corrected chi connectivity index (χ1v) is 6.28. The fraction of sp³-hybridized carbons (Fsp3) is 0.909. The lowest BCUT2D eigenvalue weighted by molar-refractivity contribution is -0.137. The van der Waals surface area contributed by atoms with E-state index in [4.69, 9.17) is 21.4 Å². The van der Waals surface area contributed by atoms with E-state index in [0.29, 0.717) is 6.54 Å². The Morgan fingerprint density at radius 1 is 1.69 bits per heavy atom. The van der Waals surface area contributed by atoms with Gasteiger partial charge >= 0.3 is 5.97 Å². The molecule has 0 bridgehead atoms. The zero-order chi connectivity index (χ0) is 12.0. The summed E-state index contributed by atoms with van der Waals surface area (Å²) in [6.07, 6.45) is 3.38. The third kappa shape index (κ3) is 4.68. The Kier molecular flexibility index (Phi) is 6.09. The van der Waals surface area contributed by atoms with Gasteiger partial charge in [-0.1, -0.05) is 6.92 Å². The highest BCUT2D eigenvalue weighted by Crippen LogP contribution is 2.14. The lowest BCUT2D eigenvalue weighted by Gasteiger charge is -2.33. The molecule has 0 aromatic carbocycles. The van der Waals surface area contributed by atoms with Crippen molar-refractivity contribution in [3.63, 3.8) is 0 Å². The molecule has 0 radical (unpaired) electrons. The first-order chi connectivity index (χ1) is 7.63. The minimum atomic E-state index is -0.946. The van der Waals surface area contributed by atoms with E-state index in [0.717, 1.165) is 39.0 Å². The number of likely N-dealkylation sites (tertiary alicyclic amines) is 1. The van der Waals surface area contributed by atoms with Gasteiger partial charge in [0, 0.05) is 19.7 Å². The Labute approximate surface area is 102 Å². The Balaban J connectivity index is 2.29. The zero-order valence-electron chi connectivity index (χ0n) is 9.69. The summed E-state index contributed by atoms with van der Waals surface area (Å²) in [6, 6.07) is 0. The third-order valence-corrected chi connectivity index (χ3v) is 3.03. The van der Waals surface area contributed by atoms with Crippen molar-refractivity contribution in [3.05, 3.63) is 0 Å². The van der Waals surface area contributed by atoms with Crippen LogP contribution in [0.25, 0.3) is 0 Å². The number of piperidine rings is 1. The molecule has 1 fully saturated rings. The Hall–Kier alpha value is -0.320. The zero-order valence-corrected chi connectivity index (χ0v) is 10.4. The summed E-state index contributed by atoms with van der Waals surface area (Å²) in [4.78, 5) is 12.7. The molecule has 0 saturated carbocycles. The van der Waals surface area contributed by atoms with Crippen molar-refractivity contribution in [1.82, 2.24) is 4.90 Å². The van der Waals surface area contributed by atoms with Crippen LogP contribution in [0.3, 0.4) is 0 Å². The van der Waals surface area contributed by atoms with Crippen LogP contribution >= 0.6 is 11.6 Å². The second kappa shape index (κ2) is 7.09. The van der Waals surface area contributed by atoms with E-state index in [1.165, 1.54) is 0 Å². The highest BCUT2D eigenvalue weighted by Gasteiger charge is 2.24. The number of carboxylic acid groups (broad SMARTS) is 1. The molecule has 2 atom stereocenters. The molecule has 0 aromatic heterocycles. The summed E-state index contributed by atoms with van der Waals surface area (Å²) in [5.74, 6) is -0.946. The van der Waals surface area contributed by atoms with Crippen LogP contribution in [0.4, 0.5) is 0 Å². The van der Waals surface area contributed by atoms with E-state index in [1.807, 2.05) is 0 Å². The maximum Gasteiger partial charge on any atom is 0.322 e. The number of nitrogens with zero attached hydrogens (tertiary/aromatic N) is 1. The fourth-order valence-corrected chi connectivity index (χ4v) is 2.10. The molecule has 2 unspecified atom stereocenters. The molecular weight excluding hydrogens is 230 g/mol. The number of rotatable bonds is 6. The van der Waals surface area contributed by atoms with Crippen LogP contribution in [-0.4, -0.2) is 53.7 Å². The van der Waals surface area contributed by atoms with Gasteiger partial charge in [-0.05, 0) is 25.8 Å². The predicted molar refractivity (Wildman–Crippen MR) is 63.0 cm³/mol. The fourth-order valence-electron chi connectivity index (χ4n) is 1.90. The predicted octanol–water partition coefficient (Wildman–Crippen LogP) is 1.57. The smallest absolute Gasteiger partial charge is 0.322 e. The van der Waals surface area contributed by atoms with Crippen LogP contribution in [0.2, 0.25) is 0 Å². The van der Waals surface area contributed by atoms with Gasteiger partial charge < -0.3 is 9.84 Å². The summed E-state index contributed by atoms with van der Waals surface area (Å²) >= 11 is 5.72. The maximum absolute atomic E-state index is 10.6. The van der Waals surface area contributed by atoms with E-state index in [1.54, 1.807) is 0 Å². The standard InChI is InChI=1S/C11H20ClNO3/c1-2-6-16-9-4-3-5-13(7-9)8-10(12)11(14)15/h9-10H,2-8H2,1H3,(H,14,15). The summed E-state index contributed by atoms with van der Waals surface area (Å²) < 4.78 is 5.67. The van der Waals surface area contributed by atoms with Crippen LogP contribution in [0.1, 0.15) is 26.2 Å². The van der Waals surface area contributed by atoms with E-state index >= 15 is 0 Å². The van der Waals surface area contributed by atoms with Crippen molar-refractivity contribution in [2.24, 2.45) is 0 Å². The molecule has 1 aliphatic rings. The quantitative estimate of drug-likeness (QED) is 0.726. The van der Waals surface area contributed by atoms with Crippen molar-refractivity contribution < 1.29 is 14.6 Å². The monoisotopic (exact) mass is 249 g/mol. The van der Waals surface area contributed by atoms with Gasteiger partial charge in [0.1, 0.15) is 5.38 Å². The highest BCUT2D eigenvalue weighted by molar-refractivity contribution is 6.29. The van der Waals surface area contributed by atoms with Crippen molar-refractivity contribution >= 4 is 17.6 Å². The molecule has 0 amide bonds. The molecule has 4 nitrogen and oxygen atoms in total. The molecule has 0 aromatic rings. The molecule has 94 valence electrons. The topological polar surface area (TPSA) is 49.8 Å². The summed E-state index contributed by atoms with van der Waals surface area (Å²) in [6.45, 7) is 4.99. The van der Waals surface area contributed by atoms with Crippen LogP contribution in [0.5, 0.6) is 0 Å². The maximum atomic E-state index is 10.6. The average Bonchev–Trinajstić information content (AvgIpc) is 2.26. The number of ether oxygens (including phenoxy) is 1. The third-order valence-electron chi connectivity index (χ3n) is 2.71. The van der Waals surface area contributed by atoms with Gasteiger partial charge in [-0.2, -0.15) is 0 Å². The van der Waals surface area contributed by atoms with E-state index < -0.39 is 11.3 Å². The first-order valence-electron chi connectivity index (χ1n) is 5.84. The van der Waals surface area contributed by atoms with E-state index in [-0.39, 0.29) is 6.10 Å². The lowest BCUT2D eigenvalue weighted by atomic mass is 10.1. The number of carboxylic acids is 1. The Bertz CT molecular complexity index is 225.